The number of carbonyl (C=O) groups excluding carboxylic acids is 3. The number of rotatable bonds is 9. The van der Waals surface area contributed by atoms with E-state index in [1.54, 1.807) is 19.0 Å². The minimum Gasteiger partial charge on any atom is -0.342 e. The fraction of sp³-hybridized carbons (Fsp3) is 0.679. The van der Waals surface area contributed by atoms with Crippen LogP contribution in [0, 0.1) is 11.3 Å². The summed E-state index contributed by atoms with van der Waals surface area (Å²) >= 11 is 0. The number of carbonyl (C=O) groups is 3. The molecule has 2 rings (SSSR count). The van der Waals surface area contributed by atoms with Crippen molar-refractivity contribution in [2.45, 2.75) is 84.8 Å². The first-order chi connectivity index (χ1) is 16.2. The van der Waals surface area contributed by atoms with Crippen LogP contribution in [0.25, 0.3) is 0 Å². The molecule has 2 N–H and O–H groups in total. The predicted molar refractivity (Wildman–Crippen MR) is 141 cm³/mol. The van der Waals surface area contributed by atoms with Gasteiger partial charge < -0.3 is 20.4 Å². The van der Waals surface area contributed by atoms with Crippen molar-refractivity contribution in [3.8, 4) is 0 Å². The van der Waals surface area contributed by atoms with E-state index in [2.05, 4.69) is 10.6 Å². The van der Waals surface area contributed by atoms with Crippen molar-refractivity contribution < 1.29 is 14.4 Å². The Morgan fingerprint density at radius 1 is 0.943 bits per heavy atom. The Bertz CT molecular complexity index is 870. The lowest BCUT2D eigenvalue weighted by molar-refractivity contribution is -0.149. The van der Waals surface area contributed by atoms with Gasteiger partial charge in [-0.15, -0.1) is 0 Å². The highest BCUT2D eigenvalue weighted by atomic mass is 16.2. The summed E-state index contributed by atoms with van der Waals surface area (Å²) < 4.78 is 0. The van der Waals surface area contributed by atoms with Gasteiger partial charge in [0, 0.05) is 25.6 Å². The van der Waals surface area contributed by atoms with Gasteiger partial charge in [0.2, 0.25) is 17.7 Å². The van der Waals surface area contributed by atoms with Crippen molar-refractivity contribution in [2.75, 3.05) is 27.2 Å². The highest BCUT2D eigenvalue weighted by Gasteiger charge is 2.43. The number of hydrogen-bond acceptors (Lipinski definition) is 4. The molecule has 196 valence electrons. The number of likely N-dealkylation sites (N-methyl/N-ethyl adjacent to an activating group) is 2. The zero-order valence-corrected chi connectivity index (χ0v) is 23.1. The maximum absolute atomic E-state index is 13.8. The van der Waals surface area contributed by atoms with Crippen molar-refractivity contribution >= 4 is 17.7 Å². The third-order valence-corrected chi connectivity index (χ3v) is 7.26. The maximum Gasteiger partial charge on any atom is 0.246 e. The molecule has 0 bridgehead atoms. The van der Waals surface area contributed by atoms with E-state index in [4.69, 9.17) is 0 Å². The van der Waals surface area contributed by atoms with Gasteiger partial charge in [0.25, 0.3) is 0 Å². The molecule has 0 spiro atoms. The highest BCUT2D eigenvalue weighted by molar-refractivity contribution is 5.94. The molecule has 3 atom stereocenters. The Labute approximate surface area is 212 Å². The van der Waals surface area contributed by atoms with Gasteiger partial charge in [-0.05, 0) is 36.8 Å². The molecule has 1 unspecified atom stereocenters. The summed E-state index contributed by atoms with van der Waals surface area (Å²) in [6.45, 7) is 15.3. The third-order valence-electron chi connectivity index (χ3n) is 7.26. The molecule has 1 saturated heterocycles. The van der Waals surface area contributed by atoms with Crippen LogP contribution in [0.2, 0.25) is 0 Å². The molecule has 0 saturated carbocycles. The molecule has 35 heavy (non-hydrogen) atoms. The molecular weight excluding hydrogens is 440 g/mol. The molecule has 1 aromatic rings. The van der Waals surface area contributed by atoms with E-state index in [1.165, 1.54) is 0 Å². The Morgan fingerprint density at radius 2 is 1.49 bits per heavy atom. The second-order valence-electron chi connectivity index (χ2n) is 11.8. The molecule has 0 radical (unpaired) electrons. The normalized spacial score (nSPS) is 17.1. The van der Waals surface area contributed by atoms with Crippen LogP contribution in [0.1, 0.15) is 66.9 Å². The number of amides is 3. The van der Waals surface area contributed by atoms with Crippen molar-refractivity contribution in [3.05, 3.63) is 35.9 Å². The fourth-order valence-electron chi connectivity index (χ4n) is 5.09. The van der Waals surface area contributed by atoms with Gasteiger partial charge in [0.05, 0.1) is 6.04 Å². The minimum absolute atomic E-state index is 0.00866. The largest absolute Gasteiger partial charge is 0.342 e. The van der Waals surface area contributed by atoms with Gasteiger partial charge in [0.1, 0.15) is 12.1 Å². The first kappa shape index (κ1) is 28.8. The summed E-state index contributed by atoms with van der Waals surface area (Å²) in [4.78, 5) is 44.2. The number of nitrogens with one attached hydrogen (secondary N) is 2. The van der Waals surface area contributed by atoms with Crippen LogP contribution < -0.4 is 10.6 Å². The van der Waals surface area contributed by atoms with Crippen LogP contribution in [0.15, 0.2) is 30.3 Å². The van der Waals surface area contributed by atoms with Gasteiger partial charge in [-0.1, -0.05) is 78.8 Å². The summed E-state index contributed by atoms with van der Waals surface area (Å²) in [5.74, 6) is -0.541. The second-order valence-corrected chi connectivity index (χ2v) is 11.8. The average Bonchev–Trinajstić information content (AvgIpc) is 3.32. The van der Waals surface area contributed by atoms with E-state index in [9.17, 15) is 14.4 Å². The molecular formula is C28H46N4O3. The summed E-state index contributed by atoms with van der Waals surface area (Å²) in [6, 6.07) is 7.98. The highest BCUT2D eigenvalue weighted by Crippen LogP contribution is 2.29. The standard InChI is InChI=1S/C28H46N4O3/c1-19(2)21(25(34)32-17-13-14-18-32)31(9)26(35)23(27(3,4)5)30-24(33)22(29-8)28(6,7)20-15-11-10-12-16-20/h10-12,15-16,19,21-23,29H,13-14,17-18H2,1-9H3,(H,30,33)/t21-,22?,23+/m0/s1. The second kappa shape index (κ2) is 11.5. The van der Waals surface area contributed by atoms with E-state index in [0.29, 0.717) is 0 Å². The zero-order valence-electron chi connectivity index (χ0n) is 23.1. The monoisotopic (exact) mass is 486 g/mol. The smallest absolute Gasteiger partial charge is 0.246 e. The zero-order chi connectivity index (χ0) is 26.6. The van der Waals surface area contributed by atoms with E-state index in [1.807, 2.05) is 83.7 Å². The molecule has 0 aromatic heterocycles. The van der Waals surface area contributed by atoms with Crippen LogP contribution in [-0.2, 0) is 19.8 Å². The van der Waals surface area contributed by atoms with Crippen LogP contribution >= 0.6 is 0 Å². The number of likely N-dealkylation sites (tertiary alicyclic amines) is 1. The van der Waals surface area contributed by atoms with Crippen molar-refractivity contribution in [3.63, 3.8) is 0 Å². The SMILES string of the molecule is CNC(C(=O)N[C@H](C(=O)N(C)[C@H](C(=O)N1CCCC1)C(C)C)C(C)(C)C)C(C)(C)c1ccccc1. The van der Waals surface area contributed by atoms with Gasteiger partial charge >= 0.3 is 0 Å². The van der Waals surface area contributed by atoms with Gasteiger partial charge in [0.15, 0.2) is 0 Å². The van der Waals surface area contributed by atoms with Crippen LogP contribution in [-0.4, -0.2) is 72.8 Å². The lowest BCUT2D eigenvalue weighted by atomic mass is 9.76. The Kier molecular flexibility index (Phi) is 9.51. The minimum atomic E-state index is -0.782. The van der Waals surface area contributed by atoms with E-state index in [-0.39, 0.29) is 23.6 Å². The number of benzene rings is 1. The summed E-state index contributed by atoms with van der Waals surface area (Å²) in [7, 11) is 3.45. The quantitative estimate of drug-likeness (QED) is 0.562. The summed E-state index contributed by atoms with van der Waals surface area (Å²) in [6.07, 6.45) is 2.00. The van der Waals surface area contributed by atoms with Crippen LogP contribution in [0.3, 0.4) is 0 Å². The molecule has 1 aliphatic heterocycles. The predicted octanol–water partition coefficient (Wildman–Crippen LogP) is 3.19. The average molecular weight is 487 g/mol. The molecule has 1 aliphatic rings. The van der Waals surface area contributed by atoms with Crippen LogP contribution in [0.4, 0.5) is 0 Å². The first-order valence-corrected chi connectivity index (χ1v) is 12.8. The molecule has 1 aromatic carbocycles. The first-order valence-electron chi connectivity index (χ1n) is 12.8. The molecule has 7 nitrogen and oxygen atoms in total. The van der Waals surface area contributed by atoms with E-state index < -0.39 is 29.0 Å². The van der Waals surface area contributed by atoms with Crippen molar-refractivity contribution in [1.82, 2.24) is 20.4 Å². The number of hydrogen-bond donors (Lipinski definition) is 2. The molecule has 1 heterocycles. The number of nitrogens with zero attached hydrogens (tertiary/aromatic N) is 2. The van der Waals surface area contributed by atoms with Crippen LogP contribution in [0.5, 0.6) is 0 Å². The van der Waals surface area contributed by atoms with Crippen molar-refractivity contribution in [2.24, 2.45) is 11.3 Å². The van der Waals surface area contributed by atoms with Gasteiger partial charge in [-0.25, -0.2) is 0 Å². The lowest BCUT2D eigenvalue weighted by Crippen LogP contribution is -2.63. The Morgan fingerprint density at radius 3 is 1.94 bits per heavy atom. The molecule has 3 amide bonds. The third kappa shape index (κ3) is 6.63. The topological polar surface area (TPSA) is 81.8 Å². The van der Waals surface area contributed by atoms with E-state index >= 15 is 0 Å². The van der Waals surface area contributed by atoms with Gasteiger partial charge in [-0.3, -0.25) is 14.4 Å². The molecule has 7 heteroatoms. The fourth-order valence-corrected chi connectivity index (χ4v) is 5.09. The van der Waals surface area contributed by atoms with Crippen molar-refractivity contribution in [1.29, 1.82) is 0 Å². The van der Waals surface area contributed by atoms with Gasteiger partial charge in [-0.2, -0.15) is 0 Å². The summed E-state index contributed by atoms with van der Waals surface area (Å²) in [5, 5.41) is 6.21. The maximum atomic E-state index is 13.8. The van der Waals surface area contributed by atoms with E-state index in [0.717, 1.165) is 31.5 Å². The molecule has 0 aliphatic carbocycles. The lowest BCUT2D eigenvalue weighted by Gasteiger charge is -2.40. The Hall–Kier alpha value is -2.41. The molecule has 1 fully saturated rings. The summed E-state index contributed by atoms with van der Waals surface area (Å²) in [5.41, 5.74) is -0.0285. The Balaban J connectivity index is 2.30.